The molecule has 1 N–H and O–H groups in total. The summed E-state index contributed by atoms with van der Waals surface area (Å²) in [6.07, 6.45) is 0.460. The summed E-state index contributed by atoms with van der Waals surface area (Å²) < 4.78 is 1.29. The highest BCUT2D eigenvalue weighted by atomic mass is 16.2. The van der Waals surface area contributed by atoms with Crippen LogP contribution in [0.1, 0.15) is 30.5 Å². The van der Waals surface area contributed by atoms with E-state index >= 15 is 0 Å². The predicted octanol–water partition coefficient (Wildman–Crippen LogP) is 4.12. The Morgan fingerprint density at radius 3 is 2.52 bits per heavy atom. The first kappa shape index (κ1) is 18.6. The minimum Gasteiger partial charge on any atom is -0.324 e. The largest absolute Gasteiger partial charge is 0.324 e. The summed E-state index contributed by atoms with van der Waals surface area (Å²) in [5, 5.41) is 7.38. The third kappa shape index (κ3) is 4.14. The normalized spacial score (nSPS) is 11.8. The Kier molecular flexibility index (Phi) is 5.50. The van der Waals surface area contributed by atoms with Crippen molar-refractivity contribution in [2.45, 2.75) is 33.2 Å². The number of hydrogen-bond acceptors (Lipinski definition) is 3. The number of rotatable bonds is 5. The molecule has 27 heavy (non-hydrogen) atoms. The monoisotopic (exact) mass is 361 g/mol. The molecule has 0 aliphatic rings. The summed E-state index contributed by atoms with van der Waals surface area (Å²) >= 11 is 0. The van der Waals surface area contributed by atoms with E-state index in [4.69, 9.17) is 0 Å². The molecule has 1 heterocycles. The summed E-state index contributed by atoms with van der Waals surface area (Å²) in [5.74, 6) is -0.253. The van der Waals surface area contributed by atoms with E-state index in [2.05, 4.69) is 10.4 Å². The van der Waals surface area contributed by atoms with Gasteiger partial charge in [-0.1, -0.05) is 42.8 Å². The van der Waals surface area contributed by atoms with E-state index in [-0.39, 0.29) is 11.5 Å². The van der Waals surface area contributed by atoms with E-state index in [0.29, 0.717) is 17.8 Å². The van der Waals surface area contributed by atoms with Crippen LogP contribution in [0, 0.1) is 13.8 Å². The van der Waals surface area contributed by atoms with Crippen molar-refractivity contribution in [3.05, 3.63) is 82.1 Å². The molecule has 0 unspecified atom stereocenters. The molecule has 0 bridgehead atoms. The van der Waals surface area contributed by atoms with Gasteiger partial charge in [0.2, 0.25) is 5.91 Å². The molecule has 1 amide bonds. The highest BCUT2D eigenvalue weighted by molar-refractivity contribution is 5.93. The van der Waals surface area contributed by atoms with Gasteiger partial charge in [0.1, 0.15) is 6.04 Å². The summed E-state index contributed by atoms with van der Waals surface area (Å²) in [6.45, 7) is 5.89. The molecular weight excluding hydrogens is 338 g/mol. The Labute approximate surface area is 158 Å². The summed E-state index contributed by atoms with van der Waals surface area (Å²) in [7, 11) is 0. The highest BCUT2D eigenvalue weighted by Crippen LogP contribution is 2.23. The van der Waals surface area contributed by atoms with Crippen molar-refractivity contribution in [2.24, 2.45) is 0 Å². The minimum absolute atomic E-state index is 0.253. The van der Waals surface area contributed by atoms with Crippen molar-refractivity contribution >= 4 is 11.6 Å². The quantitative estimate of drug-likeness (QED) is 0.743. The third-order valence-corrected chi connectivity index (χ3v) is 4.52. The summed E-state index contributed by atoms with van der Waals surface area (Å²) in [5.41, 5.74) is 4.23. The van der Waals surface area contributed by atoms with Gasteiger partial charge in [-0.05, 0) is 50.1 Å². The van der Waals surface area contributed by atoms with E-state index in [9.17, 15) is 9.59 Å². The molecule has 0 saturated carbocycles. The van der Waals surface area contributed by atoms with Crippen molar-refractivity contribution in [3.8, 4) is 11.3 Å². The number of carbonyl (C=O) groups excluding carboxylic acids is 1. The van der Waals surface area contributed by atoms with Gasteiger partial charge in [0.15, 0.2) is 0 Å². The van der Waals surface area contributed by atoms with Gasteiger partial charge >= 0.3 is 0 Å². The predicted molar refractivity (Wildman–Crippen MR) is 108 cm³/mol. The SMILES string of the molecule is CC[C@@H](C(=O)Nc1ccccc1)n1nc(-c2cc(C)ccc2C)ccc1=O. The van der Waals surface area contributed by atoms with Gasteiger partial charge in [0.05, 0.1) is 5.69 Å². The Morgan fingerprint density at radius 1 is 1.07 bits per heavy atom. The Bertz CT molecular complexity index is 1010. The van der Waals surface area contributed by atoms with Gasteiger partial charge < -0.3 is 5.32 Å². The smallest absolute Gasteiger partial charge is 0.267 e. The molecule has 3 aromatic rings. The van der Waals surface area contributed by atoms with Gasteiger partial charge in [-0.15, -0.1) is 0 Å². The van der Waals surface area contributed by atoms with Crippen LogP contribution < -0.4 is 10.9 Å². The van der Waals surface area contributed by atoms with Gasteiger partial charge in [0.25, 0.3) is 5.56 Å². The summed E-state index contributed by atoms with van der Waals surface area (Å²) in [6, 6.07) is 17.8. The first-order valence-corrected chi connectivity index (χ1v) is 9.03. The van der Waals surface area contributed by atoms with E-state index in [1.54, 1.807) is 6.07 Å². The number of aromatic nitrogens is 2. The Morgan fingerprint density at radius 2 is 1.81 bits per heavy atom. The lowest BCUT2D eigenvalue weighted by Gasteiger charge is -2.18. The van der Waals surface area contributed by atoms with Crippen LogP contribution in [0.15, 0.2) is 65.5 Å². The molecule has 0 aliphatic carbocycles. The first-order chi connectivity index (χ1) is 13.0. The number of amides is 1. The zero-order valence-corrected chi connectivity index (χ0v) is 15.8. The average Bonchev–Trinajstić information content (AvgIpc) is 2.66. The van der Waals surface area contributed by atoms with Gasteiger partial charge in [-0.25, -0.2) is 4.68 Å². The van der Waals surface area contributed by atoms with Crippen molar-refractivity contribution in [1.29, 1.82) is 0 Å². The highest BCUT2D eigenvalue weighted by Gasteiger charge is 2.21. The minimum atomic E-state index is -0.678. The molecule has 2 aromatic carbocycles. The number of benzene rings is 2. The molecular formula is C22H23N3O2. The third-order valence-electron chi connectivity index (χ3n) is 4.52. The van der Waals surface area contributed by atoms with E-state index in [1.807, 2.05) is 69.3 Å². The zero-order valence-electron chi connectivity index (χ0n) is 15.8. The molecule has 0 radical (unpaired) electrons. The second-order valence-corrected chi connectivity index (χ2v) is 6.60. The molecule has 0 fully saturated rings. The molecule has 5 nitrogen and oxygen atoms in total. The first-order valence-electron chi connectivity index (χ1n) is 9.03. The van der Waals surface area contributed by atoms with Crippen LogP contribution in [0.4, 0.5) is 5.69 Å². The van der Waals surface area contributed by atoms with Crippen molar-refractivity contribution < 1.29 is 4.79 Å². The number of aryl methyl sites for hydroxylation is 2. The maximum atomic E-state index is 12.8. The second kappa shape index (κ2) is 7.99. The van der Waals surface area contributed by atoms with Crippen LogP contribution in [0.25, 0.3) is 11.3 Å². The number of para-hydroxylation sites is 1. The number of nitrogens with one attached hydrogen (secondary N) is 1. The van der Waals surface area contributed by atoms with E-state index in [0.717, 1.165) is 16.7 Å². The molecule has 3 rings (SSSR count). The lowest BCUT2D eigenvalue weighted by Crippen LogP contribution is -2.34. The molecule has 0 spiro atoms. The van der Waals surface area contributed by atoms with Crippen LogP contribution in [0.5, 0.6) is 0 Å². The lowest BCUT2D eigenvalue weighted by molar-refractivity contribution is -0.119. The molecule has 0 aliphatic heterocycles. The van der Waals surface area contributed by atoms with Crippen molar-refractivity contribution in [2.75, 3.05) is 5.32 Å². The van der Waals surface area contributed by atoms with Crippen LogP contribution in [0.2, 0.25) is 0 Å². The van der Waals surface area contributed by atoms with E-state index < -0.39 is 6.04 Å². The average molecular weight is 361 g/mol. The molecule has 5 heteroatoms. The van der Waals surface area contributed by atoms with Gasteiger partial charge in [-0.2, -0.15) is 5.10 Å². The van der Waals surface area contributed by atoms with Crippen LogP contribution in [-0.2, 0) is 4.79 Å². The van der Waals surface area contributed by atoms with Crippen LogP contribution in [0.3, 0.4) is 0 Å². The number of hydrogen-bond donors (Lipinski definition) is 1. The Hall–Kier alpha value is -3.21. The maximum absolute atomic E-state index is 12.8. The van der Waals surface area contributed by atoms with Gasteiger partial charge in [0, 0.05) is 17.3 Å². The van der Waals surface area contributed by atoms with Crippen LogP contribution >= 0.6 is 0 Å². The van der Waals surface area contributed by atoms with E-state index in [1.165, 1.54) is 10.7 Å². The molecule has 1 atom stereocenters. The maximum Gasteiger partial charge on any atom is 0.267 e. The number of carbonyl (C=O) groups is 1. The van der Waals surface area contributed by atoms with Crippen LogP contribution in [-0.4, -0.2) is 15.7 Å². The summed E-state index contributed by atoms with van der Waals surface area (Å²) in [4.78, 5) is 25.2. The lowest BCUT2D eigenvalue weighted by atomic mass is 10.0. The second-order valence-electron chi connectivity index (χ2n) is 6.60. The molecule has 0 saturated heterocycles. The fraction of sp³-hybridized carbons (Fsp3) is 0.227. The zero-order chi connectivity index (χ0) is 19.4. The molecule has 138 valence electrons. The fourth-order valence-corrected chi connectivity index (χ4v) is 3.02. The van der Waals surface area contributed by atoms with Crippen molar-refractivity contribution in [3.63, 3.8) is 0 Å². The van der Waals surface area contributed by atoms with Crippen molar-refractivity contribution in [1.82, 2.24) is 9.78 Å². The number of anilines is 1. The van der Waals surface area contributed by atoms with Gasteiger partial charge in [-0.3, -0.25) is 9.59 Å². The molecule has 1 aromatic heterocycles. The standard InChI is InChI=1S/C22H23N3O2/c1-4-20(22(27)23-17-8-6-5-7-9-17)25-21(26)13-12-19(24-25)18-14-15(2)10-11-16(18)3/h5-14,20H,4H2,1-3H3,(H,23,27)/t20-/m0/s1. The number of nitrogens with zero attached hydrogens (tertiary/aromatic N) is 2. The fourth-order valence-electron chi connectivity index (χ4n) is 3.02. The topological polar surface area (TPSA) is 64.0 Å². The Balaban J connectivity index is 1.98.